The van der Waals surface area contributed by atoms with Crippen LogP contribution in [0.2, 0.25) is 0 Å². The average molecular weight is 367 g/mol. The molecule has 4 rings (SSSR count). The number of thiazole rings is 1. The van der Waals surface area contributed by atoms with Gasteiger partial charge in [-0.25, -0.2) is 15.0 Å². The lowest BCUT2D eigenvalue weighted by Gasteiger charge is -2.34. The van der Waals surface area contributed by atoms with Crippen LogP contribution in [0.25, 0.3) is 11.3 Å². The van der Waals surface area contributed by atoms with Gasteiger partial charge in [-0.3, -0.25) is 4.90 Å². The Hall–Kier alpha value is -2.51. The number of benzene rings is 1. The summed E-state index contributed by atoms with van der Waals surface area (Å²) in [4.78, 5) is 18.2. The molecule has 0 N–H and O–H groups in total. The topological polar surface area (TPSA) is 54.4 Å². The summed E-state index contributed by atoms with van der Waals surface area (Å²) in [6.45, 7) is 4.70. The Labute approximate surface area is 157 Å². The normalized spacial score (nSPS) is 15.2. The van der Waals surface area contributed by atoms with E-state index < -0.39 is 0 Å². The van der Waals surface area contributed by atoms with E-state index in [2.05, 4.69) is 49.4 Å². The van der Waals surface area contributed by atoms with Gasteiger partial charge in [0.15, 0.2) is 5.75 Å². The van der Waals surface area contributed by atoms with Crippen molar-refractivity contribution in [1.29, 1.82) is 0 Å². The van der Waals surface area contributed by atoms with Crippen molar-refractivity contribution in [3.8, 4) is 17.0 Å². The van der Waals surface area contributed by atoms with Crippen molar-refractivity contribution < 1.29 is 4.74 Å². The number of aromatic nitrogens is 3. The van der Waals surface area contributed by atoms with Crippen LogP contribution in [0.1, 0.15) is 5.01 Å². The molecule has 0 bridgehead atoms. The molecular weight excluding hydrogens is 346 g/mol. The highest BCUT2D eigenvalue weighted by molar-refractivity contribution is 7.09. The Morgan fingerprint density at radius 1 is 1.04 bits per heavy atom. The first-order chi connectivity index (χ1) is 12.8. The van der Waals surface area contributed by atoms with E-state index in [0.717, 1.165) is 49.4 Å². The molecule has 1 aliphatic rings. The molecule has 2 aromatic heterocycles. The van der Waals surface area contributed by atoms with Crippen LogP contribution in [-0.2, 0) is 6.54 Å². The van der Waals surface area contributed by atoms with Gasteiger partial charge in [0.25, 0.3) is 0 Å². The molecule has 134 valence electrons. The Morgan fingerprint density at radius 3 is 2.46 bits per heavy atom. The van der Waals surface area contributed by atoms with Crippen LogP contribution in [0.15, 0.2) is 48.1 Å². The third kappa shape index (κ3) is 3.84. The summed E-state index contributed by atoms with van der Waals surface area (Å²) >= 11 is 1.73. The molecule has 0 amide bonds. The van der Waals surface area contributed by atoms with E-state index in [1.165, 1.54) is 5.56 Å². The SMILES string of the molecule is COc1cnc(N2CCN(Cc3nc(-c4ccccc4)cs3)CC2)nc1. The van der Waals surface area contributed by atoms with Crippen molar-refractivity contribution in [2.24, 2.45) is 0 Å². The number of piperazine rings is 1. The summed E-state index contributed by atoms with van der Waals surface area (Å²) in [6, 6.07) is 10.3. The highest BCUT2D eigenvalue weighted by atomic mass is 32.1. The average Bonchev–Trinajstić information content (AvgIpc) is 3.18. The molecule has 0 unspecified atom stereocenters. The molecule has 3 aromatic rings. The van der Waals surface area contributed by atoms with Crippen molar-refractivity contribution in [2.75, 3.05) is 38.2 Å². The lowest BCUT2D eigenvalue weighted by Crippen LogP contribution is -2.46. The van der Waals surface area contributed by atoms with Gasteiger partial charge in [0.05, 0.1) is 31.7 Å². The van der Waals surface area contributed by atoms with Crippen molar-refractivity contribution >= 4 is 17.3 Å². The van der Waals surface area contributed by atoms with E-state index in [9.17, 15) is 0 Å². The van der Waals surface area contributed by atoms with Crippen molar-refractivity contribution in [1.82, 2.24) is 19.9 Å². The van der Waals surface area contributed by atoms with E-state index >= 15 is 0 Å². The fourth-order valence-corrected chi connectivity index (χ4v) is 3.84. The van der Waals surface area contributed by atoms with Crippen LogP contribution in [0.4, 0.5) is 5.95 Å². The van der Waals surface area contributed by atoms with Crippen LogP contribution in [0.5, 0.6) is 5.75 Å². The lowest BCUT2D eigenvalue weighted by atomic mass is 10.2. The Balaban J connectivity index is 1.33. The van der Waals surface area contributed by atoms with E-state index in [1.807, 2.05) is 6.07 Å². The van der Waals surface area contributed by atoms with Gasteiger partial charge < -0.3 is 9.64 Å². The second kappa shape index (κ2) is 7.80. The summed E-state index contributed by atoms with van der Waals surface area (Å²) in [5.41, 5.74) is 2.24. The minimum absolute atomic E-state index is 0.686. The number of ether oxygens (including phenoxy) is 1. The van der Waals surface area contributed by atoms with E-state index in [1.54, 1.807) is 30.8 Å². The lowest BCUT2D eigenvalue weighted by molar-refractivity contribution is 0.248. The maximum absolute atomic E-state index is 5.12. The molecule has 0 atom stereocenters. The molecular formula is C19H21N5OS. The van der Waals surface area contributed by atoms with Gasteiger partial charge >= 0.3 is 0 Å². The molecule has 26 heavy (non-hydrogen) atoms. The second-order valence-corrected chi connectivity index (χ2v) is 7.12. The predicted octanol–water partition coefficient (Wildman–Crippen LogP) is 2.93. The van der Waals surface area contributed by atoms with Crippen LogP contribution >= 0.6 is 11.3 Å². The number of nitrogens with zero attached hydrogens (tertiary/aromatic N) is 5. The van der Waals surface area contributed by atoms with Crippen LogP contribution in [-0.4, -0.2) is 53.1 Å². The highest BCUT2D eigenvalue weighted by Gasteiger charge is 2.20. The fraction of sp³-hybridized carbons (Fsp3) is 0.316. The van der Waals surface area contributed by atoms with Gasteiger partial charge in [0.1, 0.15) is 5.01 Å². The predicted molar refractivity (Wildman–Crippen MR) is 104 cm³/mol. The van der Waals surface area contributed by atoms with Gasteiger partial charge in [0.2, 0.25) is 5.95 Å². The molecule has 1 saturated heterocycles. The summed E-state index contributed by atoms with van der Waals surface area (Å²) in [5.74, 6) is 1.46. The monoisotopic (exact) mass is 367 g/mol. The third-order valence-corrected chi connectivity index (χ3v) is 5.32. The maximum Gasteiger partial charge on any atom is 0.225 e. The molecule has 3 heterocycles. The van der Waals surface area contributed by atoms with E-state index in [4.69, 9.17) is 9.72 Å². The zero-order valence-electron chi connectivity index (χ0n) is 14.7. The van der Waals surface area contributed by atoms with Crippen molar-refractivity contribution in [2.45, 2.75) is 6.54 Å². The molecule has 1 fully saturated rings. The molecule has 0 spiro atoms. The van der Waals surface area contributed by atoms with Crippen molar-refractivity contribution in [3.05, 3.63) is 53.1 Å². The Bertz CT molecular complexity index is 829. The molecule has 0 radical (unpaired) electrons. The molecule has 1 aliphatic heterocycles. The van der Waals surface area contributed by atoms with Crippen LogP contribution in [0.3, 0.4) is 0 Å². The number of anilines is 1. The smallest absolute Gasteiger partial charge is 0.225 e. The minimum atomic E-state index is 0.686. The standard InChI is InChI=1S/C19H21N5OS/c1-25-16-11-20-19(21-12-16)24-9-7-23(8-10-24)13-18-22-17(14-26-18)15-5-3-2-4-6-15/h2-6,11-12,14H,7-10,13H2,1H3. The summed E-state index contributed by atoms with van der Waals surface area (Å²) < 4.78 is 5.12. The van der Waals surface area contributed by atoms with Gasteiger partial charge in [-0.1, -0.05) is 30.3 Å². The van der Waals surface area contributed by atoms with Crippen molar-refractivity contribution in [3.63, 3.8) is 0 Å². The largest absolute Gasteiger partial charge is 0.494 e. The third-order valence-electron chi connectivity index (χ3n) is 4.49. The summed E-state index contributed by atoms with van der Waals surface area (Å²) in [5, 5.41) is 3.31. The molecule has 1 aromatic carbocycles. The first kappa shape index (κ1) is 16.9. The minimum Gasteiger partial charge on any atom is -0.494 e. The molecule has 6 nitrogen and oxygen atoms in total. The Morgan fingerprint density at radius 2 is 1.77 bits per heavy atom. The van der Waals surface area contributed by atoms with E-state index in [-0.39, 0.29) is 0 Å². The van der Waals surface area contributed by atoms with E-state index in [0.29, 0.717) is 5.75 Å². The number of hydrogen-bond donors (Lipinski definition) is 0. The van der Waals surface area contributed by atoms with Gasteiger partial charge in [-0.15, -0.1) is 11.3 Å². The first-order valence-electron chi connectivity index (χ1n) is 8.65. The molecule has 7 heteroatoms. The number of hydrogen-bond acceptors (Lipinski definition) is 7. The highest BCUT2D eigenvalue weighted by Crippen LogP contribution is 2.23. The van der Waals surface area contributed by atoms with Crippen LogP contribution in [0, 0.1) is 0 Å². The second-order valence-electron chi connectivity index (χ2n) is 6.18. The zero-order valence-corrected chi connectivity index (χ0v) is 15.5. The van der Waals surface area contributed by atoms with Crippen LogP contribution < -0.4 is 9.64 Å². The molecule has 0 aliphatic carbocycles. The quantitative estimate of drug-likeness (QED) is 0.691. The first-order valence-corrected chi connectivity index (χ1v) is 9.53. The van der Waals surface area contributed by atoms with Gasteiger partial charge in [-0.05, 0) is 0 Å². The van der Waals surface area contributed by atoms with Gasteiger partial charge in [0, 0.05) is 37.1 Å². The summed E-state index contributed by atoms with van der Waals surface area (Å²) in [7, 11) is 1.62. The Kier molecular flexibility index (Phi) is 5.08. The summed E-state index contributed by atoms with van der Waals surface area (Å²) in [6.07, 6.45) is 3.44. The number of methoxy groups -OCH3 is 1. The maximum atomic E-state index is 5.12. The zero-order chi connectivity index (χ0) is 17.8. The fourth-order valence-electron chi connectivity index (χ4n) is 3.00. The van der Waals surface area contributed by atoms with Gasteiger partial charge in [-0.2, -0.15) is 0 Å². The number of rotatable bonds is 5. The molecule has 0 saturated carbocycles.